The highest BCUT2D eigenvalue weighted by atomic mass is 35.5. The number of likely N-dealkylation sites (tertiary alicyclic amines) is 1. The molecule has 194 valence electrons. The molecule has 0 bridgehead atoms. The summed E-state index contributed by atoms with van der Waals surface area (Å²) in [5, 5.41) is 26.7. The number of thioether (sulfide) groups is 1. The molecular weight excluding hydrogens is 505 g/mol. The minimum Gasteiger partial charge on any atom is -0.506 e. The van der Waals surface area contributed by atoms with Crippen LogP contribution in [-0.4, -0.2) is 59.5 Å². The highest BCUT2D eigenvalue weighted by Crippen LogP contribution is 2.46. The molecule has 0 saturated carbocycles. The Bertz CT molecular complexity index is 942. The van der Waals surface area contributed by atoms with Crippen molar-refractivity contribution in [3.8, 4) is 5.75 Å². The van der Waals surface area contributed by atoms with Gasteiger partial charge in [-0.1, -0.05) is 54.9 Å². The summed E-state index contributed by atoms with van der Waals surface area (Å²) >= 11 is 1.33. The number of nitrogens with one attached hydrogen (secondary N) is 2. The number of nitrogens with zero attached hydrogens (tertiary/aromatic N) is 1. The molecule has 0 aromatic heterocycles. The monoisotopic (exact) mass is 541 g/mol. The van der Waals surface area contributed by atoms with Gasteiger partial charge in [-0.05, 0) is 68.1 Å². The van der Waals surface area contributed by atoms with Crippen LogP contribution in [0, 0.1) is 0 Å². The summed E-state index contributed by atoms with van der Waals surface area (Å²) < 4.78 is 0. The molecule has 2 atom stereocenters. The van der Waals surface area contributed by atoms with E-state index in [1.807, 2.05) is 0 Å². The van der Waals surface area contributed by atoms with Crippen LogP contribution in [0.1, 0.15) is 48.5 Å². The Hall–Kier alpha value is -1.48. The maximum atomic E-state index is 11.1. The van der Waals surface area contributed by atoms with Crippen molar-refractivity contribution in [2.45, 2.75) is 54.9 Å². The van der Waals surface area contributed by atoms with E-state index in [1.165, 1.54) is 61.7 Å². The van der Waals surface area contributed by atoms with Crippen molar-refractivity contribution in [1.29, 1.82) is 0 Å². The van der Waals surface area contributed by atoms with E-state index < -0.39 is 11.5 Å². The highest BCUT2D eigenvalue weighted by molar-refractivity contribution is 8.01. The quantitative estimate of drug-likeness (QED) is 0.199. The summed E-state index contributed by atoms with van der Waals surface area (Å²) in [6.07, 6.45) is 7.51. The molecule has 2 heterocycles. The number of benzene rings is 2. The fourth-order valence-corrected chi connectivity index (χ4v) is 5.75. The maximum absolute atomic E-state index is 11.1. The second kappa shape index (κ2) is 14.9. The van der Waals surface area contributed by atoms with Crippen molar-refractivity contribution in [3.63, 3.8) is 0 Å². The number of carbonyl (C=O) groups excluding carboxylic acids is 1. The number of aldehydes is 1. The third-order valence-corrected chi connectivity index (χ3v) is 7.67. The SMILES string of the molecule is Cl.Cl.O=CC1Nc2c(O)ccc([C@@H](O)CNCCc3cccc(CCN4CCCCCC4)c3)c2S1. The fraction of sp³-hybridized carbons (Fsp3) is 0.500. The van der Waals surface area contributed by atoms with Crippen LogP contribution < -0.4 is 10.6 Å². The van der Waals surface area contributed by atoms with Gasteiger partial charge in [0.05, 0.1) is 11.8 Å². The van der Waals surface area contributed by atoms with E-state index in [-0.39, 0.29) is 30.6 Å². The molecule has 0 radical (unpaired) electrons. The third kappa shape index (κ3) is 8.27. The van der Waals surface area contributed by atoms with Gasteiger partial charge >= 0.3 is 0 Å². The minimum absolute atomic E-state index is 0. The van der Waals surface area contributed by atoms with Gasteiger partial charge in [-0.3, -0.25) is 0 Å². The molecule has 0 spiro atoms. The van der Waals surface area contributed by atoms with Crippen LogP contribution in [-0.2, 0) is 17.6 Å². The van der Waals surface area contributed by atoms with Crippen molar-refractivity contribution in [1.82, 2.24) is 10.2 Å². The van der Waals surface area contributed by atoms with E-state index >= 15 is 0 Å². The molecule has 0 aliphatic carbocycles. The molecule has 4 rings (SSSR count). The Labute approximate surface area is 225 Å². The standard InChI is InChI=1S/C26H35N3O3S.2ClH/c30-18-24-28-25-22(31)9-8-21(26(25)33-24)23(32)17-27-12-10-19-6-5-7-20(16-19)11-15-29-13-3-1-2-4-14-29;;/h5-9,16,18,23-24,27-28,31-32H,1-4,10-15,17H2;2*1H/t23-,24?;;/m0../s1. The first kappa shape index (κ1) is 29.7. The van der Waals surface area contributed by atoms with Crippen molar-refractivity contribution in [3.05, 3.63) is 53.1 Å². The first-order valence-electron chi connectivity index (χ1n) is 12.1. The van der Waals surface area contributed by atoms with E-state index in [2.05, 4.69) is 39.8 Å². The molecule has 2 aliphatic rings. The summed E-state index contributed by atoms with van der Waals surface area (Å²) in [6, 6.07) is 12.1. The van der Waals surface area contributed by atoms with Gasteiger partial charge in [0.15, 0.2) is 6.29 Å². The lowest BCUT2D eigenvalue weighted by molar-refractivity contribution is -0.107. The van der Waals surface area contributed by atoms with Crippen molar-refractivity contribution in [2.24, 2.45) is 0 Å². The van der Waals surface area contributed by atoms with Gasteiger partial charge in [0.1, 0.15) is 11.1 Å². The lowest BCUT2D eigenvalue weighted by Gasteiger charge is -2.19. The topological polar surface area (TPSA) is 84.8 Å². The van der Waals surface area contributed by atoms with Gasteiger partial charge < -0.3 is 30.5 Å². The number of hydrogen-bond donors (Lipinski definition) is 4. The number of anilines is 1. The zero-order chi connectivity index (χ0) is 23.0. The number of phenolic OH excluding ortho intramolecular Hbond substituents is 1. The number of phenols is 1. The van der Waals surface area contributed by atoms with Crippen LogP contribution in [0.4, 0.5) is 5.69 Å². The molecule has 9 heteroatoms. The van der Waals surface area contributed by atoms with Gasteiger partial charge in [0.2, 0.25) is 0 Å². The number of carbonyl (C=O) groups is 1. The molecule has 35 heavy (non-hydrogen) atoms. The first-order valence-corrected chi connectivity index (χ1v) is 13.0. The zero-order valence-corrected chi connectivity index (χ0v) is 22.4. The minimum atomic E-state index is -0.709. The van der Waals surface area contributed by atoms with Gasteiger partial charge in [-0.25, -0.2) is 0 Å². The van der Waals surface area contributed by atoms with E-state index in [0.717, 1.165) is 42.7 Å². The predicted molar refractivity (Wildman–Crippen MR) is 149 cm³/mol. The number of aliphatic hydroxyl groups is 1. The molecule has 6 nitrogen and oxygen atoms in total. The molecular formula is C26H37Cl2N3O3S. The molecule has 1 saturated heterocycles. The van der Waals surface area contributed by atoms with Crippen molar-refractivity contribution < 1.29 is 15.0 Å². The van der Waals surface area contributed by atoms with Gasteiger partial charge in [0.25, 0.3) is 0 Å². The number of halogens is 2. The van der Waals surface area contributed by atoms with Gasteiger partial charge in [-0.2, -0.15) is 0 Å². The summed E-state index contributed by atoms with van der Waals surface area (Å²) in [5.41, 5.74) is 3.97. The van der Waals surface area contributed by atoms with Crippen LogP contribution >= 0.6 is 36.6 Å². The number of rotatable bonds is 10. The van der Waals surface area contributed by atoms with E-state index in [4.69, 9.17) is 0 Å². The number of hydrogen-bond acceptors (Lipinski definition) is 7. The molecule has 4 N–H and O–H groups in total. The van der Waals surface area contributed by atoms with E-state index in [9.17, 15) is 15.0 Å². The Balaban J connectivity index is 0.00000216. The lowest BCUT2D eigenvalue weighted by Crippen LogP contribution is -2.27. The largest absolute Gasteiger partial charge is 0.506 e. The molecule has 2 aliphatic heterocycles. The van der Waals surface area contributed by atoms with Gasteiger partial charge in [0, 0.05) is 18.0 Å². The molecule has 2 aromatic carbocycles. The smallest absolute Gasteiger partial charge is 0.152 e. The van der Waals surface area contributed by atoms with Crippen LogP contribution in [0.5, 0.6) is 5.75 Å². The summed E-state index contributed by atoms with van der Waals surface area (Å²) in [6.45, 7) is 4.80. The van der Waals surface area contributed by atoms with Crippen molar-refractivity contribution in [2.75, 3.05) is 38.0 Å². The summed E-state index contributed by atoms with van der Waals surface area (Å²) in [4.78, 5) is 14.5. The Morgan fingerprint density at radius 2 is 1.80 bits per heavy atom. The lowest BCUT2D eigenvalue weighted by atomic mass is 10.1. The summed E-state index contributed by atoms with van der Waals surface area (Å²) in [5.74, 6) is 0.0986. The van der Waals surface area contributed by atoms with Crippen LogP contribution in [0.15, 0.2) is 41.3 Å². The van der Waals surface area contributed by atoms with Crippen molar-refractivity contribution >= 4 is 48.5 Å². The Morgan fingerprint density at radius 3 is 2.51 bits per heavy atom. The third-order valence-electron chi connectivity index (χ3n) is 6.52. The molecule has 0 amide bonds. The fourth-order valence-electron chi connectivity index (χ4n) is 4.65. The van der Waals surface area contributed by atoms with Gasteiger partial charge in [-0.15, -0.1) is 24.8 Å². The Kier molecular flexibility index (Phi) is 12.7. The normalized spacial score (nSPS) is 18.4. The molecule has 1 unspecified atom stereocenters. The maximum Gasteiger partial charge on any atom is 0.152 e. The van der Waals surface area contributed by atoms with Crippen LogP contribution in [0.25, 0.3) is 0 Å². The summed E-state index contributed by atoms with van der Waals surface area (Å²) in [7, 11) is 0. The second-order valence-electron chi connectivity index (χ2n) is 8.99. The first-order chi connectivity index (χ1) is 16.1. The zero-order valence-electron chi connectivity index (χ0n) is 19.9. The average Bonchev–Trinajstić information content (AvgIpc) is 3.11. The molecule has 2 aromatic rings. The number of fused-ring (bicyclic) bond motifs is 1. The highest BCUT2D eigenvalue weighted by Gasteiger charge is 2.28. The predicted octanol–water partition coefficient (Wildman–Crippen LogP) is 4.56. The van der Waals surface area contributed by atoms with E-state index in [0.29, 0.717) is 12.2 Å². The van der Waals surface area contributed by atoms with Crippen LogP contribution in [0.2, 0.25) is 0 Å². The van der Waals surface area contributed by atoms with E-state index in [1.54, 1.807) is 12.1 Å². The second-order valence-corrected chi connectivity index (χ2v) is 10.1. The Morgan fingerprint density at radius 1 is 1.09 bits per heavy atom. The number of aliphatic hydroxyl groups excluding tert-OH is 1. The molecule has 1 fully saturated rings. The number of aromatic hydroxyl groups is 1. The van der Waals surface area contributed by atoms with Crippen LogP contribution in [0.3, 0.4) is 0 Å². The average molecular weight is 543 g/mol.